The Morgan fingerprint density at radius 1 is 1.27 bits per heavy atom. The molecule has 0 saturated heterocycles. The van der Waals surface area contributed by atoms with Crippen molar-refractivity contribution in [1.82, 2.24) is 0 Å². The number of ether oxygens (including phenoxy) is 1. The summed E-state index contributed by atoms with van der Waals surface area (Å²) in [6.07, 6.45) is 3.83. The second-order valence-electron chi connectivity index (χ2n) is 2.26. The van der Waals surface area contributed by atoms with E-state index in [0.717, 1.165) is 19.3 Å². The molecule has 0 fully saturated rings. The van der Waals surface area contributed by atoms with E-state index < -0.39 is 0 Å². The maximum absolute atomic E-state index is 10.7. The Morgan fingerprint density at radius 3 is 2.36 bits per heavy atom. The van der Waals surface area contributed by atoms with E-state index in [0.29, 0.717) is 13.0 Å². The van der Waals surface area contributed by atoms with E-state index in [2.05, 4.69) is 6.92 Å². The van der Waals surface area contributed by atoms with Crippen molar-refractivity contribution in [3.05, 3.63) is 0 Å². The fraction of sp³-hybridized carbons (Fsp3) is 0.875. The summed E-state index contributed by atoms with van der Waals surface area (Å²) in [6.45, 7) is 4.45. The van der Waals surface area contributed by atoms with Crippen molar-refractivity contribution in [2.75, 3.05) is 6.61 Å². The van der Waals surface area contributed by atoms with Crippen LogP contribution in [0.2, 0.25) is 0 Å². The molecule has 0 unspecified atom stereocenters. The standard InChI is InChI=1S/C8H16O2.Lu/c1-3-5-6-7-8(9)10-4-2;/h3-7H2,1-2H3;. The molecule has 0 aromatic carbocycles. The van der Waals surface area contributed by atoms with Gasteiger partial charge in [-0.15, -0.1) is 0 Å². The fourth-order valence-electron chi connectivity index (χ4n) is 0.752. The molecular weight excluding hydrogens is 303 g/mol. The molecule has 0 heterocycles. The average Bonchev–Trinajstić information content (AvgIpc) is 1.89. The largest absolute Gasteiger partial charge is 0.466 e. The molecular formula is C8H16LuO2. The van der Waals surface area contributed by atoms with Crippen molar-refractivity contribution in [2.24, 2.45) is 0 Å². The van der Waals surface area contributed by atoms with Gasteiger partial charge >= 0.3 is 5.97 Å². The minimum absolute atomic E-state index is 0. The van der Waals surface area contributed by atoms with Gasteiger partial charge in [0, 0.05) is 43.3 Å². The first kappa shape index (κ1) is 14.2. The third-order valence-electron chi connectivity index (χ3n) is 1.29. The number of carbonyl (C=O) groups is 1. The van der Waals surface area contributed by atoms with E-state index in [1.54, 1.807) is 0 Å². The Morgan fingerprint density at radius 2 is 1.91 bits per heavy atom. The molecule has 1 radical (unpaired) electrons. The third kappa shape index (κ3) is 10.7. The van der Waals surface area contributed by atoms with Crippen LogP contribution in [0.5, 0.6) is 0 Å². The summed E-state index contributed by atoms with van der Waals surface area (Å²) in [7, 11) is 0. The summed E-state index contributed by atoms with van der Waals surface area (Å²) in [4.78, 5) is 10.7. The summed E-state index contributed by atoms with van der Waals surface area (Å²) < 4.78 is 4.75. The van der Waals surface area contributed by atoms with Gasteiger partial charge in [0.05, 0.1) is 6.61 Å². The quantitative estimate of drug-likeness (QED) is 0.573. The number of carbonyl (C=O) groups excluding carboxylic acids is 1. The van der Waals surface area contributed by atoms with Crippen LogP contribution >= 0.6 is 0 Å². The molecule has 0 aliphatic rings. The van der Waals surface area contributed by atoms with E-state index in [1.807, 2.05) is 6.92 Å². The molecule has 0 saturated carbocycles. The Kier molecular flexibility index (Phi) is 13.9. The normalized spacial score (nSPS) is 8.55. The van der Waals surface area contributed by atoms with Gasteiger partial charge in [-0.25, -0.2) is 0 Å². The van der Waals surface area contributed by atoms with Crippen molar-refractivity contribution >= 4 is 5.97 Å². The minimum atomic E-state index is -0.0593. The van der Waals surface area contributed by atoms with Gasteiger partial charge in [0.25, 0.3) is 0 Å². The first-order valence-corrected chi connectivity index (χ1v) is 3.96. The van der Waals surface area contributed by atoms with Gasteiger partial charge in [-0.1, -0.05) is 19.8 Å². The molecule has 11 heavy (non-hydrogen) atoms. The number of unbranched alkanes of at least 4 members (excludes halogenated alkanes) is 2. The zero-order valence-electron chi connectivity index (χ0n) is 7.11. The molecule has 2 nitrogen and oxygen atoms in total. The Hall–Kier alpha value is 0.704. The third-order valence-corrected chi connectivity index (χ3v) is 1.29. The summed E-state index contributed by atoms with van der Waals surface area (Å²) in [5, 5.41) is 0. The molecule has 3 heteroatoms. The molecule has 0 amide bonds. The number of hydrogen-bond donors (Lipinski definition) is 0. The van der Waals surface area contributed by atoms with Crippen LogP contribution in [0, 0.1) is 36.9 Å². The van der Waals surface area contributed by atoms with Crippen LogP contribution in [0.25, 0.3) is 0 Å². The van der Waals surface area contributed by atoms with Crippen LogP contribution in [-0.4, -0.2) is 12.6 Å². The molecule has 0 atom stereocenters. The average molecular weight is 319 g/mol. The van der Waals surface area contributed by atoms with Crippen molar-refractivity contribution in [1.29, 1.82) is 0 Å². The molecule has 0 aromatic heterocycles. The van der Waals surface area contributed by atoms with Crippen molar-refractivity contribution < 1.29 is 46.4 Å². The van der Waals surface area contributed by atoms with Crippen molar-refractivity contribution in [3.63, 3.8) is 0 Å². The Balaban J connectivity index is 0. The summed E-state index contributed by atoms with van der Waals surface area (Å²) in [6, 6.07) is 0. The monoisotopic (exact) mass is 319 g/mol. The van der Waals surface area contributed by atoms with E-state index in [4.69, 9.17) is 4.74 Å². The molecule has 0 N–H and O–H groups in total. The van der Waals surface area contributed by atoms with Crippen molar-refractivity contribution in [2.45, 2.75) is 39.5 Å². The molecule has 0 spiro atoms. The van der Waals surface area contributed by atoms with Gasteiger partial charge in [0.1, 0.15) is 0 Å². The zero-order valence-corrected chi connectivity index (χ0v) is 8.77. The van der Waals surface area contributed by atoms with Crippen LogP contribution in [0.3, 0.4) is 0 Å². The predicted octanol–water partition coefficient (Wildman–Crippen LogP) is 2.13. The summed E-state index contributed by atoms with van der Waals surface area (Å²) in [5.74, 6) is -0.0593. The second kappa shape index (κ2) is 10.7. The first-order chi connectivity index (χ1) is 4.81. The second-order valence-corrected chi connectivity index (χ2v) is 2.26. The molecule has 0 aromatic rings. The van der Waals surface area contributed by atoms with Gasteiger partial charge < -0.3 is 4.74 Å². The zero-order chi connectivity index (χ0) is 7.82. The topological polar surface area (TPSA) is 26.3 Å². The van der Waals surface area contributed by atoms with Crippen LogP contribution < -0.4 is 0 Å². The van der Waals surface area contributed by atoms with Crippen LogP contribution in [0.15, 0.2) is 0 Å². The number of esters is 1. The van der Waals surface area contributed by atoms with Crippen molar-refractivity contribution in [3.8, 4) is 0 Å². The summed E-state index contributed by atoms with van der Waals surface area (Å²) in [5.41, 5.74) is 0. The minimum Gasteiger partial charge on any atom is -0.466 e. The molecule has 0 rings (SSSR count). The van der Waals surface area contributed by atoms with Gasteiger partial charge in [-0.2, -0.15) is 0 Å². The summed E-state index contributed by atoms with van der Waals surface area (Å²) >= 11 is 0. The molecule has 0 aliphatic heterocycles. The number of rotatable bonds is 5. The predicted molar refractivity (Wildman–Crippen MR) is 40.8 cm³/mol. The van der Waals surface area contributed by atoms with Gasteiger partial charge in [-0.05, 0) is 13.3 Å². The maximum Gasteiger partial charge on any atom is 0.305 e. The van der Waals surface area contributed by atoms with E-state index in [1.165, 1.54) is 0 Å². The van der Waals surface area contributed by atoms with Crippen LogP contribution in [0.1, 0.15) is 39.5 Å². The molecule has 75 valence electrons. The molecule has 0 bridgehead atoms. The number of hydrogen-bond acceptors (Lipinski definition) is 2. The first-order valence-electron chi connectivity index (χ1n) is 3.96. The Labute approximate surface area is 97.9 Å². The van der Waals surface area contributed by atoms with Crippen LogP contribution in [0.4, 0.5) is 0 Å². The van der Waals surface area contributed by atoms with Gasteiger partial charge in [0.15, 0.2) is 0 Å². The van der Waals surface area contributed by atoms with E-state index in [-0.39, 0.29) is 42.8 Å². The van der Waals surface area contributed by atoms with E-state index >= 15 is 0 Å². The van der Waals surface area contributed by atoms with Crippen LogP contribution in [-0.2, 0) is 9.53 Å². The van der Waals surface area contributed by atoms with Gasteiger partial charge in [-0.3, -0.25) is 4.79 Å². The Bertz CT molecular complexity index is 94.1. The molecule has 0 aliphatic carbocycles. The smallest absolute Gasteiger partial charge is 0.305 e. The van der Waals surface area contributed by atoms with E-state index in [9.17, 15) is 4.79 Å². The SMILES string of the molecule is CCCCCC(=O)OCC.[Lu]. The van der Waals surface area contributed by atoms with Gasteiger partial charge in [0.2, 0.25) is 0 Å². The maximum atomic E-state index is 10.7. The fourth-order valence-corrected chi connectivity index (χ4v) is 0.752.